The minimum Gasteiger partial charge on any atom is -0.340 e. The monoisotopic (exact) mass is 246 g/mol. The second-order valence-electron chi connectivity index (χ2n) is 4.83. The standard InChI is InChI=1S/C15H22N2O/c1-2-14-15(18)17(12-10-16-14)11-6-9-13-7-4-3-5-8-13/h3-5,7-8,14,16H,2,6,9-12H2,1H3. The number of carbonyl (C=O) groups is 1. The highest BCUT2D eigenvalue weighted by Crippen LogP contribution is 2.08. The molecule has 0 aromatic heterocycles. The van der Waals surface area contributed by atoms with Crippen LogP contribution in [0.2, 0.25) is 0 Å². The molecule has 0 saturated carbocycles. The largest absolute Gasteiger partial charge is 0.340 e. The Kier molecular flexibility index (Phi) is 4.76. The SMILES string of the molecule is CCC1NCCN(CCCc2ccccc2)C1=O. The Morgan fingerprint density at radius 2 is 2.11 bits per heavy atom. The summed E-state index contributed by atoms with van der Waals surface area (Å²) in [6, 6.07) is 10.5. The molecule has 2 rings (SSSR count). The Hall–Kier alpha value is -1.35. The molecule has 1 N–H and O–H groups in total. The zero-order valence-corrected chi connectivity index (χ0v) is 11.1. The van der Waals surface area contributed by atoms with Gasteiger partial charge in [0.2, 0.25) is 5.91 Å². The summed E-state index contributed by atoms with van der Waals surface area (Å²) in [4.78, 5) is 14.1. The highest BCUT2D eigenvalue weighted by atomic mass is 16.2. The van der Waals surface area contributed by atoms with E-state index in [1.807, 2.05) is 11.0 Å². The third-order valence-electron chi connectivity index (χ3n) is 3.53. The Morgan fingerprint density at radius 3 is 2.83 bits per heavy atom. The number of nitrogens with one attached hydrogen (secondary N) is 1. The molecule has 0 aliphatic carbocycles. The van der Waals surface area contributed by atoms with Crippen molar-refractivity contribution in [3.63, 3.8) is 0 Å². The van der Waals surface area contributed by atoms with Crippen molar-refractivity contribution in [1.29, 1.82) is 0 Å². The van der Waals surface area contributed by atoms with E-state index in [0.29, 0.717) is 0 Å². The van der Waals surface area contributed by atoms with E-state index in [-0.39, 0.29) is 11.9 Å². The van der Waals surface area contributed by atoms with Gasteiger partial charge in [0.1, 0.15) is 0 Å². The number of amides is 1. The molecule has 1 atom stereocenters. The lowest BCUT2D eigenvalue weighted by molar-refractivity contribution is -0.135. The number of hydrogen-bond acceptors (Lipinski definition) is 2. The van der Waals surface area contributed by atoms with E-state index in [4.69, 9.17) is 0 Å². The fourth-order valence-corrected chi connectivity index (χ4v) is 2.45. The van der Waals surface area contributed by atoms with Crippen LogP contribution in [0.1, 0.15) is 25.3 Å². The van der Waals surface area contributed by atoms with Crippen LogP contribution in [-0.4, -0.2) is 36.5 Å². The minimum atomic E-state index is 0.0375. The van der Waals surface area contributed by atoms with Crippen LogP contribution in [0.15, 0.2) is 30.3 Å². The van der Waals surface area contributed by atoms with Crippen molar-refractivity contribution >= 4 is 5.91 Å². The van der Waals surface area contributed by atoms with Crippen molar-refractivity contribution in [2.24, 2.45) is 0 Å². The Bertz CT molecular complexity index is 377. The molecule has 1 aromatic rings. The van der Waals surface area contributed by atoms with Crippen LogP contribution < -0.4 is 5.32 Å². The number of piperazine rings is 1. The summed E-state index contributed by atoms with van der Waals surface area (Å²) in [5.74, 6) is 0.275. The number of hydrogen-bond donors (Lipinski definition) is 1. The van der Waals surface area contributed by atoms with E-state index in [1.54, 1.807) is 0 Å². The van der Waals surface area contributed by atoms with E-state index in [9.17, 15) is 4.79 Å². The molecule has 3 heteroatoms. The van der Waals surface area contributed by atoms with Crippen molar-refractivity contribution in [2.75, 3.05) is 19.6 Å². The van der Waals surface area contributed by atoms with Crippen LogP contribution in [0.25, 0.3) is 0 Å². The molecule has 1 aliphatic heterocycles. The van der Waals surface area contributed by atoms with Crippen LogP contribution in [0.3, 0.4) is 0 Å². The number of aryl methyl sites for hydroxylation is 1. The maximum Gasteiger partial charge on any atom is 0.239 e. The van der Waals surface area contributed by atoms with E-state index in [2.05, 4.69) is 36.5 Å². The van der Waals surface area contributed by atoms with Crippen LogP contribution in [0.4, 0.5) is 0 Å². The Labute approximate surface area is 109 Å². The van der Waals surface area contributed by atoms with Crippen molar-refractivity contribution in [3.05, 3.63) is 35.9 Å². The molecular formula is C15H22N2O. The average Bonchev–Trinajstić information content (AvgIpc) is 2.42. The lowest BCUT2D eigenvalue weighted by Crippen LogP contribution is -2.54. The molecule has 1 amide bonds. The Morgan fingerprint density at radius 1 is 1.33 bits per heavy atom. The molecule has 1 aliphatic rings. The number of rotatable bonds is 5. The average molecular weight is 246 g/mol. The van der Waals surface area contributed by atoms with E-state index in [0.717, 1.165) is 38.9 Å². The normalized spacial score (nSPS) is 20.2. The van der Waals surface area contributed by atoms with Gasteiger partial charge in [-0.15, -0.1) is 0 Å². The van der Waals surface area contributed by atoms with Crippen molar-refractivity contribution in [3.8, 4) is 0 Å². The van der Waals surface area contributed by atoms with Crippen molar-refractivity contribution in [1.82, 2.24) is 10.2 Å². The smallest absolute Gasteiger partial charge is 0.239 e. The summed E-state index contributed by atoms with van der Waals surface area (Å²) < 4.78 is 0. The molecular weight excluding hydrogens is 224 g/mol. The molecule has 1 saturated heterocycles. The molecule has 1 heterocycles. The van der Waals surface area contributed by atoms with E-state index < -0.39 is 0 Å². The first kappa shape index (κ1) is 13.1. The maximum atomic E-state index is 12.1. The summed E-state index contributed by atoms with van der Waals surface area (Å²) >= 11 is 0. The first-order chi connectivity index (χ1) is 8.81. The zero-order valence-electron chi connectivity index (χ0n) is 11.1. The van der Waals surface area contributed by atoms with Gasteiger partial charge in [-0.25, -0.2) is 0 Å². The summed E-state index contributed by atoms with van der Waals surface area (Å²) in [5, 5.41) is 3.27. The van der Waals surface area contributed by atoms with Gasteiger partial charge < -0.3 is 10.2 Å². The Balaban J connectivity index is 1.78. The molecule has 18 heavy (non-hydrogen) atoms. The quantitative estimate of drug-likeness (QED) is 0.859. The van der Waals surface area contributed by atoms with Crippen LogP contribution in [0, 0.1) is 0 Å². The number of carbonyl (C=O) groups excluding carboxylic acids is 1. The number of nitrogens with zero attached hydrogens (tertiary/aromatic N) is 1. The van der Waals surface area contributed by atoms with Gasteiger partial charge in [0, 0.05) is 19.6 Å². The topological polar surface area (TPSA) is 32.3 Å². The zero-order chi connectivity index (χ0) is 12.8. The van der Waals surface area contributed by atoms with Gasteiger partial charge in [0.25, 0.3) is 0 Å². The van der Waals surface area contributed by atoms with E-state index in [1.165, 1.54) is 5.56 Å². The summed E-state index contributed by atoms with van der Waals surface area (Å²) in [5.41, 5.74) is 1.35. The van der Waals surface area contributed by atoms with Crippen LogP contribution >= 0.6 is 0 Å². The lowest BCUT2D eigenvalue weighted by atomic mass is 10.1. The first-order valence-electron chi connectivity index (χ1n) is 6.87. The third-order valence-corrected chi connectivity index (χ3v) is 3.53. The molecule has 1 fully saturated rings. The predicted octanol–water partition coefficient (Wildman–Crippen LogP) is 1.83. The van der Waals surface area contributed by atoms with Gasteiger partial charge in [-0.05, 0) is 24.8 Å². The first-order valence-corrected chi connectivity index (χ1v) is 6.87. The second kappa shape index (κ2) is 6.55. The lowest BCUT2D eigenvalue weighted by Gasteiger charge is -2.32. The summed E-state index contributed by atoms with van der Waals surface area (Å²) in [6.45, 7) is 4.72. The van der Waals surface area contributed by atoms with Gasteiger partial charge in [0.05, 0.1) is 6.04 Å². The second-order valence-corrected chi connectivity index (χ2v) is 4.83. The maximum absolute atomic E-state index is 12.1. The van der Waals surface area contributed by atoms with E-state index >= 15 is 0 Å². The van der Waals surface area contributed by atoms with Gasteiger partial charge in [0.15, 0.2) is 0 Å². The van der Waals surface area contributed by atoms with Gasteiger partial charge in [-0.2, -0.15) is 0 Å². The highest BCUT2D eigenvalue weighted by Gasteiger charge is 2.25. The summed E-state index contributed by atoms with van der Waals surface area (Å²) in [7, 11) is 0. The molecule has 3 nitrogen and oxygen atoms in total. The molecule has 0 radical (unpaired) electrons. The van der Waals surface area contributed by atoms with Crippen LogP contribution in [-0.2, 0) is 11.2 Å². The summed E-state index contributed by atoms with van der Waals surface area (Å²) in [6.07, 6.45) is 2.98. The predicted molar refractivity (Wildman–Crippen MR) is 73.4 cm³/mol. The molecule has 1 unspecified atom stereocenters. The molecule has 0 bridgehead atoms. The van der Waals surface area contributed by atoms with Gasteiger partial charge >= 0.3 is 0 Å². The fourth-order valence-electron chi connectivity index (χ4n) is 2.45. The molecule has 98 valence electrons. The fraction of sp³-hybridized carbons (Fsp3) is 0.533. The van der Waals surface area contributed by atoms with Gasteiger partial charge in [-0.3, -0.25) is 4.79 Å². The molecule has 1 aromatic carbocycles. The highest BCUT2D eigenvalue weighted by molar-refractivity contribution is 5.82. The minimum absolute atomic E-state index is 0.0375. The van der Waals surface area contributed by atoms with Gasteiger partial charge in [-0.1, -0.05) is 37.3 Å². The molecule has 0 spiro atoms. The number of benzene rings is 1. The van der Waals surface area contributed by atoms with Crippen molar-refractivity contribution < 1.29 is 4.79 Å². The van der Waals surface area contributed by atoms with Crippen molar-refractivity contribution in [2.45, 2.75) is 32.2 Å². The third kappa shape index (κ3) is 3.33. The van der Waals surface area contributed by atoms with Crippen LogP contribution in [0.5, 0.6) is 0 Å².